The molecule has 0 aromatic carbocycles. The van der Waals surface area contributed by atoms with Gasteiger partial charge in [0.1, 0.15) is 5.82 Å². The molecule has 16 heavy (non-hydrogen) atoms. The highest BCUT2D eigenvalue weighted by atomic mass is 35.5. The van der Waals surface area contributed by atoms with Crippen molar-refractivity contribution in [1.82, 2.24) is 4.98 Å². The molecule has 0 fully saturated rings. The Balaban J connectivity index is 2.82. The van der Waals surface area contributed by atoms with Crippen molar-refractivity contribution in [3.8, 4) is 0 Å². The predicted molar refractivity (Wildman–Crippen MR) is 69.1 cm³/mol. The van der Waals surface area contributed by atoms with Gasteiger partial charge in [-0.3, -0.25) is 0 Å². The smallest absolute Gasteiger partial charge is 0.147 e. The number of nitrogens with zero attached hydrogens (tertiary/aromatic N) is 2. The maximum absolute atomic E-state index is 6.07. The third kappa shape index (κ3) is 3.98. The van der Waals surface area contributed by atoms with Crippen molar-refractivity contribution in [2.24, 2.45) is 0 Å². The number of aromatic nitrogens is 1. The third-order valence-electron chi connectivity index (χ3n) is 2.01. The van der Waals surface area contributed by atoms with Gasteiger partial charge in [0.2, 0.25) is 0 Å². The van der Waals surface area contributed by atoms with Gasteiger partial charge in [-0.2, -0.15) is 0 Å². The molecule has 0 unspecified atom stereocenters. The normalized spacial score (nSPS) is 10.5. The van der Waals surface area contributed by atoms with E-state index in [1.165, 1.54) is 0 Å². The monoisotopic (exact) mass is 282 g/mol. The summed E-state index contributed by atoms with van der Waals surface area (Å²) >= 11 is 17.6. The van der Waals surface area contributed by atoms with E-state index in [1.54, 1.807) is 19.4 Å². The van der Waals surface area contributed by atoms with Gasteiger partial charge in [-0.15, -0.1) is 11.6 Å². The van der Waals surface area contributed by atoms with Gasteiger partial charge in [0, 0.05) is 32.3 Å². The third-order valence-corrected chi connectivity index (χ3v) is 2.66. The van der Waals surface area contributed by atoms with Crippen LogP contribution in [-0.2, 0) is 4.74 Å². The topological polar surface area (TPSA) is 25.4 Å². The van der Waals surface area contributed by atoms with Gasteiger partial charge in [-0.05, 0) is 6.07 Å². The number of rotatable bonds is 6. The fourth-order valence-electron chi connectivity index (χ4n) is 1.27. The van der Waals surface area contributed by atoms with Crippen LogP contribution in [-0.4, -0.2) is 37.7 Å². The number of anilines is 1. The molecule has 0 aliphatic rings. The average molecular weight is 284 g/mol. The van der Waals surface area contributed by atoms with E-state index in [1.807, 2.05) is 4.90 Å². The lowest BCUT2D eigenvalue weighted by molar-refractivity contribution is 0.205. The van der Waals surface area contributed by atoms with Crippen LogP contribution in [0.5, 0.6) is 0 Å². The largest absolute Gasteiger partial charge is 0.383 e. The van der Waals surface area contributed by atoms with Crippen molar-refractivity contribution in [1.29, 1.82) is 0 Å². The Morgan fingerprint density at radius 1 is 1.38 bits per heavy atom. The zero-order valence-electron chi connectivity index (χ0n) is 8.92. The minimum absolute atomic E-state index is 0.504. The predicted octanol–water partition coefficient (Wildman–Crippen LogP) is 3.08. The number of halogens is 3. The molecule has 1 aromatic heterocycles. The van der Waals surface area contributed by atoms with E-state index < -0.39 is 0 Å². The molecule has 0 atom stereocenters. The lowest BCUT2D eigenvalue weighted by Crippen LogP contribution is -2.30. The summed E-state index contributed by atoms with van der Waals surface area (Å²) in [7, 11) is 1.65. The van der Waals surface area contributed by atoms with E-state index in [0.29, 0.717) is 41.4 Å². The number of methoxy groups -OCH3 is 1. The number of pyridine rings is 1. The van der Waals surface area contributed by atoms with Crippen LogP contribution in [0, 0.1) is 0 Å². The van der Waals surface area contributed by atoms with Gasteiger partial charge < -0.3 is 9.64 Å². The molecule has 0 amide bonds. The fourth-order valence-corrected chi connectivity index (χ4v) is 1.97. The zero-order valence-corrected chi connectivity index (χ0v) is 11.2. The summed E-state index contributed by atoms with van der Waals surface area (Å²) in [5.74, 6) is 1.19. The van der Waals surface area contributed by atoms with E-state index in [2.05, 4.69) is 4.98 Å². The second-order valence-electron chi connectivity index (χ2n) is 3.13. The number of ether oxygens (including phenoxy) is 1. The average Bonchev–Trinajstić information content (AvgIpc) is 2.25. The van der Waals surface area contributed by atoms with Gasteiger partial charge in [0.05, 0.1) is 16.7 Å². The van der Waals surface area contributed by atoms with Crippen LogP contribution < -0.4 is 4.90 Å². The van der Waals surface area contributed by atoms with Crippen LogP contribution in [0.4, 0.5) is 5.82 Å². The van der Waals surface area contributed by atoms with Gasteiger partial charge in [-0.1, -0.05) is 23.2 Å². The minimum Gasteiger partial charge on any atom is -0.383 e. The number of hydrogen-bond donors (Lipinski definition) is 0. The molecule has 6 heteroatoms. The first kappa shape index (κ1) is 13.8. The second-order valence-corrected chi connectivity index (χ2v) is 4.35. The highest BCUT2D eigenvalue weighted by Gasteiger charge is 2.11. The molecule has 3 nitrogen and oxygen atoms in total. The van der Waals surface area contributed by atoms with Crippen molar-refractivity contribution in [3.05, 3.63) is 22.3 Å². The molecule has 1 heterocycles. The molecule has 0 N–H and O–H groups in total. The molecule has 0 saturated heterocycles. The molecular weight excluding hydrogens is 270 g/mol. The Bertz CT molecular complexity index is 336. The molecule has 0 aliphatic carbocycles. The molecular formula is C10H13Cl3N2O. The summed E-state index contributed by atoms with van der Waals surface area (Å²) in [6, 6.07) is 1.67. The maximum Gasteiger partial charge on any atom is 0.147 e. The van der Waals surface area contributed by atoms with Crippen molar-refractivity contribution in [2.45, 2.75) is 0 Å². The summed E-state index contributed by atoms with van der Waals surface area (Å²) < 4.78 is 5.02. The Morgan fingerprint density at radius 2 is 2.12 bits per heavy atom. The molecule has 90 valence electrons. The first-order chi connectivity index (χ1) is 7.69. The lowest BCUT2D eigenvalue weighted by Gasteiger charge is -2.23. The summed E-state index contributed by atoms with van der Waals surface area (Å²) in [5, 5.41) is 1.04. The first-order valence-corrected chi connectivity index (χ1v) is 6.09. The summed E-state index contributed by atoms with van der Waals surface area (Å²) in [5.41, 5.74) is 0. The van der Waals surface area contributed by atoms with Crippen molar-refractivity contribution >= 4 is 40.6 Å². The molecule has 1 rings (SSSR count). The number of alkyl halides is 1. The summed E-state index contributed by atoms with van der Waals surface area (Å²) in [4.78, 5) is 6.16. The Kier molecular flexibility index (Phi) is 6.21. The van der Waals surface area contributed by atoms with Crippen LogP contribution in [0.2, 0.25) is 10.0 Å². The van der Waals surface area contributed by atoms with Gasteiger partial charge >= 0.3 is 0 Å². The van der Waals surface area contributed by atoms with Crippen LogP contribution in [0.15, 0.2) is 12.3 Å². The van der Waals surface area contributed by atoms with E-state index in [-0.39, 0.29) is 0 Å². The van der Waals surface area contributed by atoms with Crippen molar-refractivity contribution in [2.75, 3.05) is 37.6 Å². The quantitative estimate of drug-likeness (QED) is 0.750. The Labute approximate surface area is 110 Å². The van der Waals surface area contributed by atoms with Crippen LogP contribution in [0.1, 0.15) is 0 Å². The number of hydrogen-bond acceptors (Lipinski definition) is 3. The molecule has 0 spiro atoms. The zero-order chi connectivity index (χ0) is 12.0. The lowest BCUT2D eigenvalue weighted by atomic mass is 10.4. The molecule has 0 aliphatic heterocycles. The highest BCUT2D eigenvalue weighted by molar-refractivity contribution is 6.36. The van der Waals surface area contributed by atoms with Gasteiger partial charge in [0.25, 0.3) is 0 Å². The van der Waals surface area contributed by atoms with Crippen molar-refractivity contribution < 1.29 is 4.74 Å². The van der Waals surface area contributed by atoms with E-state index >= 15 is 0 Å². The molecule has 1 aromatic rings. The summed E-state index contributed by atoms with van der Waals surface area (Å²) in [6.45, 7) is 1.95. The fraction of sp³-hybridized carbons (Fsp3) is 0.500. The van der Waals surface area contributed by atoms with Crippen LogP contribution >= 0.6 is 34.8 Å². The minimum atomic E-state index is 0.504. The van der Waals surface area contributed by atoms with Gasteiger partial charge in [-0.25, -0.2) is 4.98 Å². The van der Waals surface area contributed by atoms with E-state index in [9.17, 15) is 0 Å². The van der Waals surface area contributed by atoms with Gasteiger partial charge in [0.15, 0.2) is 0 Å². The molecule has 0 radical (unpaired) electrons. The SMILES string of the molecule is COCCN(CCCl)c1ncc(Cl)cc1Cl. The first-order valence-electron chi connectivity index (χ1n) is 4.80. The van der Waals surface area contributed by atoms with Crippen molar-refractivity contribution in [3.63, 3.8) is 0 Å². The molecule has 0 saturated carbocycles. The Morgan fingerprint density at radius 3 is 2.69 bits per heavy atom. The highest BCUT2D eigenvalue weighted by Crippen LogP contribution is 2.25. The standard InChI is InChI=1S/C10H13Cl3N2O/c1-16-5-4-15(3-2-11)10-9(13)6-8(12)7-14-10/h6-7H,2-5H2,1H3. The van der Waals surface area contributed by atoms with Crippen LogP contribution in [0.25, 0.3) is 0 Å². The van der Waals surface area contributed by atoms with E-state index in [4.69, 9.17) is 39.5 Å². The molecule has 0 bridgehead atoms. The van der Waals surface area contributed by atoms with Crippen LogP contribution in [0.3, 0.4) is 0 Å². The Hall–Kier alpha value is -0.220. The second kappa shape index (κ2) is 7.17. The maximum atomic E-state index is 6.07. The summed E-state index contributed by atoms with van der Waals surface area (Å²) in [6.07, 6.45) is 1.57. The van der Waals surface area contributed by atoms with E-state index in [0.717, 1.165) is 0 Å².